The highest BCUT2D eigenvalue weighted by Crippen LogP contribution is 2.42. The number of urea groups is 1. The molecule has 0 bridgehead atoms. The molecule has 1 aromatic rings. The van der Waals surface area contributed by atoms with E-state index in [1.165, 1.54) is 9.78 Å². The molecule has 0 saturated carbocycles. The minimum absolute atomic E-state index is 0.0799. The van der Waals surface area contributed by atoms with Crippen molar-refractivity contribution in [3.8, 4) is 0 Å². The maximum absolute atomic E-state index is 13.2. The van der Waals surface area contributed by atoms with Crippen LogP contribution in [-0.4, -0.2) is 68.1 Å². The van der Waals surface area contributed by atoms with Gasteiger partial charge in [-0.1, -0.05) is 6.92 Å². The molecule has 2 heterocycles. The maximum atomic E-state index is 13.2. The lowest BCUT2D eigenvalue weighted by Crippen LogP contribution is -2.55. The van der Waals surface area contributed by atoms with Crippen molar-refractivity contribution in [2.75, 3.05) is 51.7 Å². The monoisotopic (exact) mass is 422 g/mol. The molecule has 3 amide bonds. The Morgan fingerprint density at radius 2 is 2.00 bits per heavy atom. The summed E-state index contributed by atoms with van der Waals surface area (Å²) >= 11 is 1.59. The Labute approximate surface area is 177 Å². The predicted octanol–water partition coefficient (Wildman–Crippen LogP) is 1.12. The van der Waals surface area contributed by atoms with Crippen LogP contribution in [0.15, 0.2) is 0 Å². The normalized spacial score (nSPS) is 23.4. The molecule has 2 aliphatic rings. The predicted molar refractivity (Wildman–Crippen MR) is 118 cm³/mol. The number of nitrogens with zero attached hydrogens (tertiary/aromatic N) is 2. The summed E-state index contributed by atoms with van der Waals surface area (Å²) < 4.78 is 0. The second kappa shape index (κ2) is 9.32. The highest BCUT2D eigenvalue weighted by Gasteiger charge is 2.40. The summed E-state index contributed by atoms with van der Waals surface area (Å²) in [5, 5.41) is 7.13. The summed E-state index contributed by atoms with van der Waals surface area (Å²) in [6, 6.07) is 0.0548. The SMILES string of the molecule is CCCN(C(=O)NCCN(C)C)C(=O)[C@H]1CN[C@@H]2Cc3sc(N)c(N)c3C[C@H]2C1. The molecule has 8 nitrogen and oxygen atoms in total. The zero-order valence-corrected chi connectivity index (χ0v) is 18.5. The van der Waals surface area contributed by atoms with Gasteiger partial charge in [0, 0.05) is 37.1 Å². The molecule has 6 N–H and O–H groups in total. The number of carbonyl (C=O) groups is 2. The fraction of sp³-hybridized carbons (Fsp3) is 0.700. The molecule has 1 saturated heterocycles. The van der Waals surface area contributed by atoms with Crippen molar-refractivity contribution in [2.24, 2.45) is 11.8 Å². The van der Waals surface area contributed by atoms with Crippen LogP contribution in [0.3, 0.4) is 0 Å². The van der Waals surface area contributed by atoms with Crippen LogP contribution in [0.25, 0.3) is 0 Å². The summed E-state index contributed by atoms with van der Waals surface area (Å²) in [4.78, 5) is 30.5. The molecule has 0 spiro atoms. The minimum atomic E-state index is -0.290. The third-order valence-corrected chi connectivity index (χ3v) is 7.06. The lowest BCUT2D eigenvalue weighted by atomic mass is 9.75. The molecule has 162 valence electrons. The fourth-order valence-electron chi connectivity index (χ4n) is 4.36. The lowest BCUT2D eigenvalue weighted by molar-refractivity contribution is -0.134. The molecule has 0 radical (unpaired) electrons. The first-order valence-electron chi connectivity index (χ1n) is 10.4. The Morgan fingerprint density at radius 1 is 1.24 bits per heavy atom. The molecule has 9 heteroatoms. The second-order valence-electron chi connectivity index (χ2n) is 8.42. The van der Waals surface area contributed by atoms with Crippen LogP contribution in [0.4, 0.5) is 15.5 Å². The number of piperidine rings is 1. The van der Waals surface area contributed by atoms with Gasteiger partial charge < -0.3 is 27.0 Å². The number of amides is 3. The largest absolute Gasteiger partial charge is 0.396 e. The second-order valence-corrected chi connectivity index (χ2v) is 9.56. The number of hydrogen-bond donors (Lipinski definition) is 4. The van der Waals surface area contributed by atoms with Crippen molar-refractivity contribution < 1.29 is 9.59 Å². The average molecular weight is 423 g/mol. The van der Waals surface area contributed by atoms with Crippen molar-refractivity contribution in [1.29, 1.82) is 0 Å². The Bertz CT molecular complexity index is 750. The Balaban J connectivity index is 1.64. The maximum Gasteiger partial charge on any atom is 0.324 e. The number of likely N-dealkylation sites (N-methyl/N-ethyl adjacent to an activating group) is 1. The van der Waals surface area contributed by atoms with Gasteiger partial charge in [-0.3, -0.25) is 9.69 Å². The molecule has 3 atom stereocenters. The molecule has 0 unspecified atom stereocenters. The molecule has 29 heavy (non-hydrogen) atoms. The van der Waals surface area contributed by atoms with Gasteiger partial charge >= 0.3 is 6.03 Å². The number of anilines is 2. The number of imide groups is 1. The van der Waals surface area contributed by atoms with Gasteiger partial charge in [0.25, 0.3) is 0 Å². The number of hydrogen-bond acceptors (Lipinski definition) is 7. The third kappa shape index (κ3) is 4.84. The zero-order chi connectivity index (χ0) is 21.1. The molecular formula is C20H34N6O2S. The van der Waals surface area contributed by atoms with E-state index in [-0.39, 0.29) is 17.9 Å². The van der Waals surface area contributed by atoms with Crippen LogP contribution in [0.2, 0.25) is 0 Å². The third-order valence-electron chi connectivity index (χ3n) is 5.96. The van der Waals surface area contributed by atoms with Crippen molar-refractivity contribution in [3.63, 3.8) is 0 Å². The highest BCUT2D eigenvalue weighted by molar-refractivity contribution is 7.16. The van der Waals surface area contributed by atoms with Crippen LogP contribution in [-0.2, 0) is 17.6 Å². The topological polar surface area (TPSA) is 117 Å². The lowest BCUT2D eigenvalue weighted by Gasteiger charge is -2.40. The molecule has 1 aliphatic carbocycles. The van der Waals surface area contributed by atoms with Gasteiger partial charge in [-0.2, -0.15) is 0 Å². The van der Waals surface area contributed by atoms with Crippen LogP contribution < -0.4 is 22.1 Å². The van der Waals surface area contributed by atoms with Gasteiger partial charge in [-0.05, 0) is 51.3 Å². The molecule has 1 aliphatic heterocycles. The number of nitrogens with one attached hydrogen (secondary N) is 2. The van der Waals surface area contributed by atoms with Crippen LogP contribution in [0.1, 0.15) is 30.2 Å². The highest BCUT2D eigenvalue weighted by atomic mass is 32.1. The quantitative estimate of drug-likeness (QED) is 0.546. The van der Waals surface area contributed by atoms with E-state index in [9.17, 15) is 9.59 Å². The van der Waals surface area contributed by atoms with Gasteiger partial charge in [0.1, 0.15) is 5.00 Å². The molecule has 0 aromatic carbocycles. The zero-order valence-electron chi connectivity index (χ0n) is 17.7. The van der Waals surface area contributed by atoms with Crippen molar-refractivity contribution >= 4 is 34.0 Å². The first kappa shape index (κ1) is 21.9. The van der Waals surface area contributed by atoms with E-state index in [1.807, 2.05) is 25.9 Å². The van der Waals surface area contributed by atoms with E-state index in [1.54, 1.807) is 11.3 Å². The smallest absolute Gasteiger partial charge is 0.324 e. The molecular weight excluding hydrogens is 388 g/mol. The van der Waals surface area contributed by atoms with E-state index in [4.69, 9.17) is 11.5 Å². The standard InChI is InChI=1S/C20H34N6O2S/c1-4-6-26(20(28)23-5-7-25(2)3)19(27)13-8-12-9-14-16(10-15(12)24-11-13)29-18(22)17(14)21/h12-13,15,24H,4-11,21-22H2,1-3H3,(H,23,28)/t12-,13-,15-/m1/s1. The van der Waals surface area contributed by atoms with Crippen molar-refractivity contribution in [3.05, 3.63) is 10.4 Å². The number of thiophene rings is 1. The summed E-state index contributed by atoms with van der Waals surface area (Å²) in [5.74, 6) is 0.0617. The van der Waals surface area contributed by atoms with Crippen LogP contribution in [0.5, 0.6) is 0 Å². The summed E-state index contributed by atoms with van der Waals surface area (Å²) in [5.41, 5.74) is 14.1. The van der Waals surface area contributed by atoms with Crippen molar-refractivity contribution in [2.45, 2.75) is 38.6 Å². The van der Waals surface area contributed by atoms with E-state index in [0.717, 1.165) is 37.8 Å². The number of carbonyl (C=O) groups excluding carboxylic acids is 2. The molecule has 1 aromatic heterocycles. The number of rotatable bonds is 6. The molecule has 3 rings (SSSR count). The van der Waals surface area contributed by atoms with E-state index in [0.29, 0.717) is 42.3 Å². The van der Waals surface area contributed by atoms with Gasteiger partial charge in [0.2, 0.25) is 5.91 Å². The minimum Gasteiger partial charge on any atom is -0.396 e. The number of fused-ring (bicyclic) bond motifs is 2. The Kier molecular flexibility index (Phi) is 7.02. The summed E-state index contributed by atoms with van der Waals surface area (Å²) in [6.45, 7) is 4.29. The van der Waals surface area contributed by atoms with E-state index >= 15 is 0 Å². The van der Waals surface area contributed by atoms with Gasteiger partial charge in [0.15, 0.2) is 0 Å². The number of nitrogens with two attached hydrogens (primary N) is 2. The fourth-order valence-corrected chi connectivity index (χ4v) is 5.44. The van der Waals surface area contributed by atoms with Gasteiger partial charge in [-0.15, -0.1) is 11.3 Å². The van der Waals surface area contributed by atoms with Gasteiger partial charge in [0.05, 0.1) is 11.6 Å². The first-order valence-corrected chi connectivity index (χ1v) is 11.3. The van der Waals surface area contributed by atoms with Crippen LogP contribution >= 0.6 is 11.3 Å². The van der Waals surface area contributed by atoms with E-state index in [2.05, 4.69) is 10.6 Å². The summed E-state index contributed by atoms with van der Waals surface area (Å²) in [6.07, 6.45) is 3.28. The van der Waals surface area contributed by atoms with Gasteiger partial charge in [-0.25, -0.2) is 4.79 Å². The Morgan fingerprint density at radius 3 is 2.69 bits per heavy atom. The average Bonchev–Trinajstić information content (AvgIpc) is 2.96. The van der Waals surface area contributed by atoms with Crippen molar-refractivity contribution in [1.82, 2.24) is 20.4 Å². The Hall–Kier alpha value is -1.84. The number of nitrogen functional groups attached to an aromatic ring is 2. The van der Waals surface area contributed by atoms with Crippen LogP contribution in [0, 0.1) is 11.8 Å². The van der Waals surface area contributed by atoms with E-state index < -0.39 is 0 Å². The molecule has 1 fully saturated rings. The first-order chi connectivity index (χ1) is 13.8. The summed E-state index contributed by atoms with van der Waals surface area (Å²) in [7, 11) is 3.91.